The smallest absolute Gasteiger partial charge is 0.134 e. The van der Waals surface area contributed by atoms with E-state index in [0.29, 0.717) is 21.9 Å². The molecule has 0 saturated carbocycles. The Bertz CT molecular complexity index is 538. The summed E-state index contributed by atoms with van der Waals surface area (Å²) in [6, 6.07) is 10.7. The van der Waals surface area contributed by atoms with Crippen molar-refractivity contribution in [1.82, 2.24) is 0 Å². The maximum Gasteiger partial charge on any atom is 0.134 e. The molecule has 14 heavy (non-hydrogen) atoms. The van der Waals surface area contributed by atoms with Crippen molar-refractivity contribution in [2.45, 2.75) is 6.92 Å². The van der Waals surface area contributed by atoms with Crippen molar-refractivity contribution >= 4 is 10.8 Å². The van der Waals surface area contributed by atoms with Crippen LogP contribution in [-0.4, -0.2) is 0 Å². The molecule has 2 heteroatoms. The first kappa shape index (κ1) is 8.71. The molecule has 0 amide bonds. The molecule has 0 radical (unpaired) electrons. The van der Waals surface area contributed by atoms with Gasteiger partial charge in [-0.3, -0.25) is 0 Å². The van der Waals surface area contributed by atoms with E-state index in [4.69, 9.17) is 5.26 Å². The molecule has 0 aromatic heterocycles. The van der Waals surface area contributed by atoms with Gasteiger partial charge >= 0.3 is 0 Å². The van der Waals surface area contributed by atoms with E-state index in [0.717, 1.165) is 0 Å². The fraction of sp³-hybridized carbons (Fsp3) is 0.0833. The van der Waals surface area contributed by atoms with E-state index in [1.807, 2.05) is 0 Å². The highest BCUT2D eigenvalue weighted by atomic mass is 19.1. The summed E-state index contributed by atoms with van der Waals surface area (Å²) < 4.78 is 13.6. The SMILES string of the molecule is Cc1cc(C#N)c2ccccc2c1F. The highest BCUT2D eigenvalue weighted by molar-refractivity contribution is 5.89. The van der Waals surface area contributed by atoms with Crippen molar-refractivity contribution in [3.63, 3.8) is 0 Å². The number of fused-ring (bicyclic) bond motifs is 1. The lowest BCUT2D eigenvalue weighted by molar-refractivity contribution is 0.630. The quantitative estimate of drug-likeness (QED) is 0.618. The molecule has 0 atom stereocenters. The van der Waals surface area contributed by atoms with E-state index in [-0.39, 0.29) is 5.82 Å². The largest absolute Gasteiger partial charge is 0.206 e. The van der Waals surface area contributed by atoms with E-state index >= 15 is 0 Å². The highest BCUT2D eigenvalue weighted by Gasteiger charge is 2.07. The second-order valence-electron chi connectivity index (χ2n) is 3.21. The van der Waals surface area contributed by atoms with Gasteiger partial charge in [0.2, 0.25) is 0 Å². The van der Waals surface area contributed by atoms with Crippen LogP contribution in [0, 0.1) is 24.1 Å². The summed E-state index contributed by atoms with van der Waals surface area (Å²) in [5, 5.41) is 10.1. The lowest BCUT2D eigenvalue weighted by Crippen LogP contribution is -1.88. The monoisotopic (exact) mass is 185 g/mol. The van der Waals surface area contributed by atoms with Gasteiger partial charge in [-0.05, 0) is 18.6 Å². The van der Waals surface area contributed by atoms with E-state index in [2.05, 4.69) is 6.07 Å². The lowest BCUT2D eigenvalue weighted by Gasteiger charge is -2.04. The number of aryl methyl sites for hydroxylation is 1. The average molecular weight is 185 g/mol. The Kier molecular flexibility index (Phi) is 1.94. The minimum Gasteiger partial charge on any atom is -0.206 e. The molecule has 0 spiro atoms. The van der Waals surface area contributed by atoms with E-state index in [9.17, 15) is 4.39 Å². The molecule has 0 saturated heterocycles. The summed E-state index contributed by atoms with van der Waals surface area (Å²) in [6.45, 7) is 1.67. The van der Waals surface area contributed by atoms with Gasteiger partial charge in [-0.25, -0.2) is 4.39 Å². The molecular formula is C12H8FN. The number of hydrogen-bond acceptors (Lipinski definition) is 1. The maximum atomic E-state index is 13.6. The standard InChI is InChI=1S/C12H8FN/c1-8-6-9(7-14)10-4-2-3-5-11(10)12(8)13/h2-6H,1H3. The van der Waals surface area contributed by atoms with Crippen molar-refractivity contribution in [3.8, 4) is 6.07 Å². The Morgan fingerprint density at radius 3 is 2.50 bits per heavy atom. The van der Waals surface area contributed by atoms with Gasteiger partial charge in [0.15, 0.2) is 0 Å². The molecule has 0 unspecified atom stereocenters. The molecule has 0 aliphatic carbocycles. The highest BCUT2D eigenvalue weighted by Crippen LogP contribution is 2.23. The molecule has 2 aromatic rings. The molecule has 2 aromatic carbocycles. The van der Waals surface area contributed by atoms with Crippen LogP contribution in [0.3, 0.4) is 0 Å². The Labute approximate surface area is 81.4 Å². The van der Waals surface area contributed by atoms with Crippen LogP contribution in [0.2, 0.25) is 0 Å². The Balaban J connectivity index is 2.99. The molecular weight excluding hydrogens is 177 g/mol. The number of hydrogen-bond donors (Lipinski definition) is 0. The van der Waals surface area contributed by atoms with Gasteiger partial charge in [0.1, 0.15) is 5.82 Å². The molecule has 2 rings (SSSR count). The Morgan fingerprint density at radius 1 is 1.21 bits per heavy atom. The number of nitrogens with zero attached hydrogens (tertiary/aromatic N) is 1. The summed E-state index contributed by atoms with van der Waals surface area (Å²) in [6.07, 6.45) is 0. The van der Waals surface area contributed by atoms with Gasteiger partial charge in [0.25, 0.3) is 0 Å². The van der Waals surface area contributed by atoms with E-state index < -0.39 is 0 Å². The second kappa shape index (κ2) is 3.12. The maximum absolute atomic E-state index is 13.6. The molecule has 0 aliphatic rings. The summed E-state index contributed by atoms with van der Waals surface area (Å²) >= 11 is 0. The fourth-order valence-corrected chi connectivity index (χ4v) is 1.57. The van der Waals surface area contributed by atoms with Crippen molar-refractivity contribution in [3.05, 3.63) is 47.3 Å². The Morgan fingerprint density at radius 2 is 1.86 bits per heavy atom. The molecule has 0 heterocycles. The van der Waals surface area contributed by atoms with Crippen molar-refractivity contribution in [1.29, 1.82) is 5.26 Å². The molecule has 68 valence electrons. The predicted octanol–water partition coefficient (Wildman–Crippen LogP) is 3.16. The first-order chi connectivity index (χ1) is 6.74. The third-order valence-corrected chi connectivity index (χ3v) is 2.28. The molecule has 0 N–H and O–H groups in total. The zero-order valence-corrected chi connectivity index (χ0v) is 7.71. The zero-order valence-electron chi connectivity index (χ0n) is 7.71. The van der Waals surface area contributed by atoms with Crippen LogP contribution in [0.1, 0.15) is 11.1 Å². The van der Waals surface area contributed by atoms with Crippen molar-refractivity contribution in [2.75, 3.05) is 0 Å². The summed E-state index contributed by atoms with van der Waals surface area (Å²) in [7, 11) is 0. The van der Waals surface area contributed by atoms with Crippen LogP contribution >= 0.6 is 0 Å². The van der Waals surface area contributed by atoms with Gasteiger partial charge in [-0.1, -0.05) is 24.3 Å². The van der Waals surface area contributed by atoms with Crippen LogP contribution in [0.4, 0.5) is 4.39 Å². The lowest BCUT2D eigenvalue weighted by atomic mass is 10.0. The number of benzene rings is 2. The second-order valence-corrected chi connectivity index (χ2v) is 3.21. The molecule has 0 bridgehead atoms. The van der Waals surface area contributed by atoms with Gasteiger partial charge < -0.3 is 0 Å². The Hall–Kier alpha value is -1.88. The normalized spacial score (nSPS) is 10.1. The summed E-state index contributed by atoms with van der Waals surface area (Å²) in [5.41, 5.74) is 1.04. The first-order valence-electron chi connectivity index (χ1n) is 4.32. The van der Waals surface area contributed by atoms with Crippen LogP contribution in [0.25, 0.3) is 10.8 Å². The minimum absolute atomic E-state index is 0.236. The van der Waals surface area contributed by atoms with E-state index in [1.165, 1.54) is 0 Å². The van der Waals surface area contributed by atoms with Crippen LogP contribution in [0.15, 0.2) is 30.3 Å². The minimum atomic E-state index is -0.236. The van der Waals surface area contributed by atoms with Crippen molar-refractivity contribution in [2.24, 2.45) is 0 Å². The van der Waals surface area contributed by atoms with Crippen LogP contribution in [0.5, 0.6) is 0 Å². The number of halogens is 1. The molecule has 0 fully saturated rings. The van der Waals surface area contributed by atoms with Crippen LogP contribution in [-0.2, 0) is 0 Å². The topological polar surface area (TPSA) is 23.8 Å². The summed E-state index contributed by atoms with van der Waals surface area (Å²) in [5.74, 6) is -0.236. The van der Waals surface area contributed by atoms with Crippen molar-refractivity contribution < 1.29 is 4.39 Å². The fourth-order valence-electron chi connectivity index (χ4n) is 1.57. The van der Waals surface area contributed by atoms with Gasteiger partial charge in [-0.15, -0.1) is 0 Å². The summed E-state index contributed by atoms with van der Waals surface area (Å²) in [4.78, 5) is 0. The number of rotatable bonds is 0. The number of nitriles is 1. The van der Waals surface area contributed by atoms with E-state index in [1.54, 1.807) is 37.3 Å². The third kappa shape index (κ3) is 1.14. The first-order valence-corrected chi connectivity index (χ1v) is 4.32. The average Bonchev–Trinajstić information content (AvgIpc) is 2.23. The van der Waals surface area contributed by atoms with Gasteiger partial charge in [0.05, 0.1) is 11.6 Å². The zero-order chi connectivity index (χ0) is 10.1. The third-order valence-electron chi connectivity index (χ3n) is 2.28. The predicted molar refractivity (Wildman–Crippen MR) is 53.4 cm³/mol. The van der Waals surface area contributed by atoms with Crippen LogP contribution < -0.4 is 0 Å². The molecule has 1 nitrogen and oxygen atoms in total. The molecule has 0 aliphatic heterocycles. The van der Waals surface area contributed by atoms with Gasteiger partial charge in [0, 0.05) is 10.8 Å². The van der Waals surface area contributed by atoms with Gasteiger partial charge in [-0.2, -0.15) is 5.26 Å².